The number of nitrogens with zero attached hydrogens (tertiary/aromatic N) is 2. The molecule has 0 aliphatic heterocycles. The van der Waals surface area contributed by atoms with Crippen LogP contribution in [0, 0.1) is 0 Å². The van der Waals surface area contributed by atoms with E-state index < -0.39 is 0 Å². The zero-order chi connectivity index (χ0) is 9.97. The van der Waals surface area contributed by atoms with Crippen LogP contribution >= 0.6 is 11.6 Å². The molecule has 1 aliphatic rings. The molecule has 0 fully saturated rings. The maximum absolute atomic E-state index is 6.09. The minimum atomic E-state index is 0.235. The predicted molar refractivity (Wildman–Crippen MR) is 58.5 cm³/mol. The predicted octanol–water partition coefficient (Wildman–Crippen LogP) is 2.68. The van der Waals surface area contributed by atoms with E-state index in [9.17, 15) is 0 Å². The Bertz CT molecular complexity index is 341. The van der Waals surface area contributed by atoms with Gasteiger partial charge in [0.05, 0.1) is 5.38 Å². The lowest BCUT2D eigenvalue weighted by Crippen LogP contribution is -2.07. The van der Waals surface area contributed by atoms with Gasteiger partial charge in [0.2, 0.25) is 0 Å². The molecule has 0 saturated carbocycles. The van der Waals surface area contributed by atoms with Gasteiger partial charge in [0.1, 0.15) is 5.82 Å². The lowest BCUT2D eigenvalue weighted by atomic mass is 9.97. The number of aryl methyl sites for hydroxylation is 1. The monoisotopic (exact) mass is 210 g/mol. The van der Waals surface area contributed by atoms with Gasteiger partial charge in [-0.25, -0.2) is 4.98 Å². The molecule has 2 nitrogen and oxygen atoms in total. The Labute approximate surface area is 89.6 Å². The molecule has 0 bridgehead atoms. The van der Waals surface area contributed by atoms with Crippen LogP contribution in [-0.2, 0) is 13.5 Å². The molecule has 1 unspecified atom stereocenters. The molecule has 1 aromatic rings. The Morgan fingerprint density at radius 3 is 3.14 bits per heavy atom. The maximum atomic E-state index is 6.09. The second-order valence-corrected chi connectivity index (χ2v) is 4.42. The quantitative estimate of drug-likeness (QED) is 0.542. The molecule has 0 aromatic carbocycles. The lowest BCUT2D eigenvalue weighted by Gasteiger charge is -2.16. The van der Waals surface area contributed by atoms with E-state index in [-0.39, 0.29) is 5.38 Å². The summed E-state index contributed by atoms with van der Waals surface area (Å²) < 4.78 is 2.07. The lowest BCUT2D eigenvalue weighted by molar-refractivity contribution is 0.679. The van der Waals surface area contributed by atoms with Crippen molar-refractivity contribution in [2.75, 3.05) is 0 Å². The molecular formula is C11H15ClN2. The summed E-state index contributed by atoms with van der Waals surface area (Å²) in [5.74, 6) is 1.13. The summed E-state index contributed by atoms with van der Waals surface area (Å²) in [6.45, 7) is 0. The van der Waals surface area contributed by atoms with Crippen molar-refractivity contribution in [1.29, 1.82) is 0 Å². The molecule has 1 aliphatic carbocycles. The molecule has 76 valence electrons. The summed E-state index contributed by atoms with van der Waals surface area (Å²) in [5.41, 5.74) is 1.44. The van der Waals surface area contributed by atoms with Crippen LogP contribution in [0.5, 0.6) is 0 Å². The first-order valence-corrected chi connectivity index (χ1v) is 5.49. The van der Waals surface area contributed by atoms with Crippen LogP contribution in [0.25, 0.3) is 0 Å². The van der Waals surface area contributed by atoms with Crippen molar-refractivity contribution in [3.63, 3.8) is 0 Å². The maximum Gasteiger partial charge on any atom is 0.112 e. The third-order valence-electron chi connectivity index (χ3n) is 2.70. The molecule has 0 N–H and O–H groups in total. The summed E-state index contributed by atoms with van der Waals surface area (Å²) in [6.07, 6.45) is 10.5. The Balaban J connectivity index is 2.07. The standard InChI is InChI=1S/C11H15ClN2/c1-14-6-5-13-11(14)8-9-3-2-4-10(12)7-9/h5-7,10H,2-4,8H2,1H3. The van der Waals surface area contributed by atoms with E-state index in [1.807, 2.05) is 19.4 Å². The van der Waals surface area contributed by atoms with Gasteiger partial charge < -0.3 is 4.57 Å². The van der Waals surface area contributed by atoms with E-state index in [1.54, 1.807) is 0 Å². The minimum Gasteiger partial charge on any atom is -0.338 e. The fourth-order valence-corrected chi connectivity index (χ4v) is 2.20. The Hall–Kier alpha value is -0.760. The van der Waals surface area contributed by atoms with Crippen LogP contribution in [0.2, 0.25) is 0 Å². The van der Waals surface area contributed by atoms with Crippen molar-refractivity contribution < 1.29 is 0 Å². The first-order valence-electron chi connectivity index (χ1n) is 5.05. The van der Waals surface area contributed by atoms with Gasteiger partial charge in [0, 0.05) is 25.9 Å². The smallest absolute Gasteiger partial charge is 0.112 e. The van der Waals surface area contributed by atoms with Crippen molar-refractivity contribution in [3.05, 3.63) is 29.9 Å². The van der Waals surface area contributed by atoms with Gasteiger partial charge >= 0.3 is 0 Å². The number of hydrogen-bond donors (Lipinski definition) is 0. The summed E-state index contributed by atoms with van der Waals surface area (Å²) in [5, 5.41) is 0.235. The van der Waals surface area contributed by atoms with Crippen LogP contribution in [0.1, 0.15) is 25.1 Å². The zero-order valence-electron chi connectivity index (χ0n) is 8.41. The Kier molecular flexibility index (Phi) is 2.92. The van der Waals surface area contributed by atoms with Crippen LogP contribution in [-0.4, -0.2) is 14.9 Å². The second-order valence-electron chi connectivity index (χ2n) is 3.86. The van der Waals surface area contributed by atoms with E-state index >= 15 is 0 Å². The highest BCUT2D eigenvalue weighted by molar-refractivity contribution is 6.21. The number of alkyl halides is 1. The number of rotatable bonds is 2. The number of allylic oxidation sites excluding steroid dienone is 2. The Morgan fingerprint density at radius 1 is 1.64 bits per heavy atom. The number of halogens is 1. The number of hydrogen-bond acceptors (Lipinski definition) is 1. The van der Waals surface area contributed by atoms with Gasteiger partial charge in [-0.1, -0.05) is 11.6 Å². The van der Waals surface area contributed by atoms with Gasteiger partial charge in [0.15, 0.2) is 0 Å². The largest absolute Gasteiger partial charge is 0.338 e. The average Bonchev–Trinajstić information content (AvgIpc) is 2.52. The Morgan fingerprint density at radius 2 is 2.50 bits per heavy atom. The SMILES string of the molecule is Cn1ccnc1CC1=CC(Cl)CCC1. The molecule has 1 aromatic heterocycles. The molecule has 1 atom stereocenters. The first-order chi connectivity index (χ1) is 6.75. The van der Waals surface area contributed by atoms with Crippen molar-refractivity contribution in [2.45, 2.75) is 31.1 Å². The molecule has 3 heteroatoms. The first kappa shape index (κ1) is 9.78. The summed E-state index contributed by atoms with van der Waals surface area (Å²) in [4.78, 5) is 4.31. The molecular weight excluding hydrogens is 196 g/mol. The van der Waals surface area contributed by atoms with E-state index in [2.05, 4.69) is 15.6 Å². The zero-order valence-corrected chi connectivity index (χ0v) is 9.17. The molecule has 2 rings (SSSR count). The van der Waals surface area contributed by atoms with Crippen LogP contribution in [0.15, 0.2) is 24.0 Å². The van der Waals surface area contributed by atoms with Crippen LogP contribution in [0.4, 0.5) is 0 Å². The molecule has 0 radical (unpaired) electrons. The van der Waals surface area contributed by atoms with Crippen molar-refractivity contribution in [3.8, 4) is 0 Å². The van der Waals surface area contributed by atoms with Gasteiger partial charge in [-0.15, -0.1) is 11.6 Å². The van der Waals surface area contributed by atoms with E-state index in [0.717, 1.165) is 18.7 Å². The van der Waals surface area contributed by atoms with E-state index in [1.165, 1.54) is 18.4 Å². The van der Waals surface area contributed by atoms with Crippen LogP contribution in [0.3, 0.4) is 0 Å². The third kappa shape index (κ3) is 2.18. The molecule has 0 amide bonds. The number of imidazole rings is 1. The van der Waals surface area contributed by atoms with E-state index in [4.69, 9.17) is 11.6 Å². The van der Waals surface area contributed by atoms with Crippen molar-refractivity contribution in [1.82, 2.24) is 9.55 Å². The molecule has 1 heterocycles. The highest BCUT2D eigenvalue weighted by atomic mass is 35.5. The summed E-state index contributed by atoms with van der Waals surface area (Å²) >= 11 is 6.09. The second kappa shape index (κ2) is 4.18. The number of aromatic nitrogens is 2. The molecule has 0 saturated heterocycles. The third-order valence-corrected chi connectivity index (χ3v) is 3.04. The van der Waals surface area contributed by atoms with Gasteiger partial charge in [-0.2, -0.15) is 0 Å². The normalized spacial score (nSPS) is 22.1. The highest BCUT2D eigenvalue weighted by Crippen LogP contribution is 2.23. The van der Waals surface area contributed by atoms with Crippen LogP contribution < -0.4 is 0 Å². The fourth-order valence-electron chi connectivity index (χ4n) is 1.86. The average molecular weight is 211 g/mol. The summed E-state index contributed by atoms with van der Waals surface area (Å²) in [7, 11) is 2.03. The summed E-state index contributed by atoms with van der Waals surface area (Å²) in [6, 6.07) is 0. The highest BCUT2D eigenvalue weighted by Gasteiger charge is 2.12. The van der Waals surface area contributed by atoms with Gasteiger partial charge in [-0.3, -0.25) is 0 Å². The van der Waals surface area contributed by atoms with Crippen molar-refractivity contribution >= 4 is 11.6 Å². The van der Waals surface area contributed by atoms with Gasteiger partial charge in [0.25, 0.3) is 0 Å². The molecule has 0 spiro atoms. The molecule has 14 heavy (non-hydrogen) atoms. The topological polar surface area (TPSA) is 17.8 Å². The van der Waals surface area contributed by atoms with E-state index in [0.29, 0.717) is 0 Å². The van der Waals surface area contributed by atoms with Gasteiger partial charge in [-0.05, 0) is 19.3 Å². The minimum absolute atomic E-state index is 0.235. The van der Waals surface area contributed by atoms with Crippen molar-refractivity contribution in [2.24, 2.45) is 7.05 Å². The fraction of sp³-hybridized carbons (Fsp3) is 0.545.